The first-order valence-electron chi connectivity index (χ1n) is 6.19. The molecule has 1 aliphatic heterocycles. The number of halogens is 2. The highest BCUT2D eigenvalue weighted by atomic mass is 79.9. The van der Waals surface area contributed by atoms with E-state index in [2.05, 4.69) is 40.2 Å². The van der Waals surface area contributed by atoms with E-state index in [9.17, 15) is 0 Å². The number of benzene rings is 2. The molecule has 0 saturated heterocycles. The fourth-order valence-corrected chi connectivity index (χ4v) is 3.72. The van der Waals surface area contributed by atoms with Crippen LogP contribution in [0.15, 0.2) is 42.5 Å². The largest absolute Gasteiger partial charge is 0.460 e. The lowest BCUT2D eigenvalue weighted by Crippen LogP contribution is -2.33. The Morgan fingerprint density at radius 1 is 1.11 bits per heavy atom. The van der Waals surface area contributed by atoms with E-state index < -0.39 is 0 Å². The maximum Gasteiger partial charge on any atom is 0.132 e. The van der Waals surface area contributed by atoms with Crippen LogP contribution < -0.4 is 15.2 Å². The monoisotopic (exact) mass is 332 g/mol. The average Bonchev–Trinajstić information content (AvgIpc) is 2.77. The predicted molar refractivity (Wildman–Crippen MR) is 80.9 cm³/mol. The van der Waals surface area contributed by atoms with Crippen molar-refractivity contribution >= 4 is 37.8 Å². The highest BCUT2D eigenvalue weighted by molar-refractivity contribution is 9.14. The second-order valence-electron chi connectivity index (χ2n) is 4.86. The molecule has 0 saturated carbocycles. The van der Waals surface area contributed by atoms with Gasteiger partial charge in [0.25, 0.3) is 0 Å². The first-order valence-corrected chi connectivity index (χ1v) is 7.36. The van der Waals surface area contributed by atoms with Crippen LogP contribution in [0.5, 0.6) is 5.75 Å². The van der Waals surface area contributed by atoms with Crippen molar-refractivity contribution in [1.29, 1.82) is 0 Å². The summed E-state index contributed by atoms with van der Waals surface area (Å²) in [6.45, 7) is 0. The third kappa shape index (κ3) is 1.67. The second kappa shape index (κ2) is 4.12. The van der Waals surface area contributed by atoms with Gasteiger partial charge in [-0.25, -0.2) is 0 Å². The van der Waals surface area contributed by atoms with E-state index in [0.29, 0.717) is 10.9 Å². The molecular formula is C16H10BrClO. The molecule has 19 heavy (non-hydrogen) atoms. The molecule has 0 bridgehead atoms. The molecule has 0 aromatic heterocycles. The zero-order valence-corrected chi connectivity index (χ0v) is 12.3. The van der Waals surface area contributed by atoms with Gasteiger partial charge in [0.1, 0.15) is 11.5 Å². The van der Waals surface area contributed by atoms with E-state index in [0.717, 1.165) is 17.9 Å². The van der Waals surface area contributed by atoms with E-state index >= 15 is 0 Å². The minimum atomic E-state index is 0.302. The molecule has 2 aromatic carbocycles. The zero-order valence-electron chi connectivity index (χ0n) is 9.99. The van der Waals surface area contributed by atoms with Crippen molar-refractivity contribution in [2.45, 2.75) is 12.3 Å². The number of fused-ring (bicyclic) bond motifs is 4. The van der Waals surface area contributed by atoms with Crippen LogP contribution in [0.1, 0.15) is 17.9 Å². The van der Waals surface area contributed by atoms with Gasteiger partial charge in [-0.1, -0.05) is 57.9 Å². The first-order chi connectivity index (χ1) is 9.24. The van der Waals surface area contributed by atoms with Crippen molar-refractivity contribution in [3.63, 3.8) is 0 Å². The summed E-state index contributed by atoms with van der Waals surface area (Å²) < 4.78 is 7.30. The van der Waals surface area contributed by atoms with Crippen LogP contribution in [0.3, 0.4) is 0 Å². The Kier molecular flexibility index (Phi) is 2.51. The molecule has 1 atom stereocenters. The number of ether oxygens (including phenoxy) is 1. The van der Waals surface area contributed by atoms with Crippen molar-refractivity contribution in [3.8, 4) is 5.75 Å². The molecular weight excluding hydrogens is 324 g/mol. The Morgan fingerprint density at radius 2 is 1.89 bits per heavy atom. The summed E-state index contributed by atoms with van der Waals surface area (Å²) in [6.07, 6.45) is 0.945. The summed E-state index contributed by atoms with van der Waals surface area (Å²) in [7, 11) is 0. The van der Waals surface area contributed by atoms with Gasteiger partial charge in [-0.15, -0.1) is 0 Å². The topological polar surface area (TPSA) is 9.23 Å². The Balaban J connectivity index is 2.04. The average molecular weight is 334 g/mol. The SMILES string of the molecule is Clc1ccc2c(c1)OC1=c3ccccc3=C(Br)CC12. The van der Waals surface area contributed by atoms with Gasteiger partial charge in [-0.2, -0.15) is 0 Å². The minimum absolute atomic E-state index is 0.302. The van der Waals surface area contributed by atoms with E-state index in [1.165, 1.54) is 20.5 Å². The fourth-order valence-electron chi connectivity index (χ4n) is 2.88. The normalized spacial score (nSPS) is 19.6. The lowest BCUT2D eigenvalue weighted by atomic mass is 9.90. The Hall–Kier alpha value is -1.25. The standard InChI is InChI=1S/C16H10BrClO/c17-14-8-13-11-6-5-9(18)7-15(11)19-16(13)12-4-2-1-3-10(12)14/h1-7,13H,8H2. The highest BCUT2D eigenvalue weighted by Crippen LogP contribution is 2.46. The molecule has 1 heterocycles. The maximum atomic E-state index is 6.06. The van der Waals surface area contributed by atoms with Gasteiger partial charge in [0.2, 0.25) is 0 Å². The fraction of sp³-hybridized carbons (Fsp3) is 0.125. The van der Waals surface area contributed by atoms with E-state index in [1.807, 2.05) is 18.2 Å². The van der Waals surface area contributed by atoms with Gasteiger partial charge in [0.15, 0.2) is 0 Å². The van der Waals surface area contributed by atoms with Crippen LogP contribution in [0, 0.1) is 0 Å². The van der Waals surface area contributed by atoms with Crippen molar-refractivity contribution in [2.24, 2.45) is 0 Å². The Morgan fingerprint density at radius 3 is 2.74 bits per heavy atom. The predicted octanol–water partition coefficient (Wildman–Crippen LogP) is 3.53. The van der Waals surface area contributed by atoms with Crippen LogP contribution >= 0.6 is 27.5 Å². The quantitative estimate of drug-likeness (QED) is 0.716. The minimum Gasteiger partial charge on any atom is -0.460 e. The Labute approximate surface area is 124 Å². The van der Waals surface area contributed by atoms with Crippen LogP contribution in [0.2, 0.25) is 5.02 Å². The molecule has 0 N–H and O–H groups in total. The van der Waals surface area contributed by atoms with Crippen molar-refractivity contribution in [2.75, 3.05) is 0 Å². The molecule has 2 aromatic rings. The van der Waals surface area contributed by atoms with Gasteiger partial charge < -0.3 is 4.74 Å². The third-order valence-corrected chi connectivity index (χ3v) is 4.74. The van der Waals surface area contributed by atoms with Gasteiger partial charge in [-0.3, -0.25) is 0 Å². The smallest absolute Gasteiger partial charge is 0.132 e. The van der Waals surface area contributed by atoms with Gasteiger partial charge in [0.05, 0.1) is 5.92 Å². The summed E-state index contributed by atoms with van der Waals surface area (Å²) >= 11 is 9.76. The molecule has 2 aliphatic rings. The molecule has 1 unspecified atom stereocenters. The summed E-state index contributed by atoms with van der Waals surface area (Å²) in [5, 5.41) is 3.12. The van der Waals surface area contributed by atoms with Crippen molar-refractivity contribution in [3.05, 3.63) is 63.5 Å². The summed E-state index contributed by atoms with van der Waals surface area (Å²) in [5.74, 6) is 2.25. The lowest BCUT2D eigenvalue weighted by molar-refractivity contribution is 0.509. The van der Waals surface area contributed by atoms with Gasteiger partial charge in [-0.05, 0) is 23.8 Å². The van der Waals surface area contributed by atoms with Gasteiger partial charge >= 0.3 is 0 Å². The van der Waals surface area contributed by atoms with Crippen molar-refractivity contribution < 1.29 is 4.74 Å². The molecule has 0 amide bonds. The summed E-state index contributed by atoms with van der Waals surface area (Å²) in [4.78, 5) is 0. The second-order valence-corrected chi connectivity index (χ2v) is 6.25. The van der Waals surface area contributed by atoms with E-state index in [1.54, 1.807) is 0 Å². The molecule has 1 nitrogen and oxygen atoms in total. The summed E-state index contributed by atoms with van der Waals surface area (Å²) in [5.41, 5.74) is 1.23. The van der Waals surface area contributed by atoms with Crippen molar-refractivity contribution in [1.82, 2.24) is 0 Å². The van der Waals surface area contributed by atoms with Crippen LogP contribution in [0.25, 0.3) is 10.2 Å². The van der Waals surface area contributed by atoms with E-state index in [4.69, 9.17) is 16.3 Å². The molecule has 0 fully saturated rings. The first kappa shape index (κ1) is 11.6. The molecule has 94 valence electrons. The Bertz CT molecular complexity index is 810. The molecule has 1 aliphatic carbocycles. The maximum absolute atomic E-state index is 6.06. The number of hydrogen-bond acceptors (Lipinski definition) is 1. The molecule has 3 heteroatoms. The lowest BCUT2D eigenvalue weighted by Gasteiger charge is -2.16. The summed E-state index contributed by atoms with van der Waals surface area (Å²) in [6, 6.07) is 14.3. The number of hydrogen-bond donors (Lipinski definition) is 0. The zero-order chi connectivity index (χ0) is 13.0. The number of rotatable bonds is 0. The van der Waals surface area contributed by atoms with Crippen LogP contribution in [-0.2, 0) is 0 Å². The van der Waals surface area contributed by atoms with Gasteiger partial charge in [0, 0.05) is 20.3 Å². The molecule has 4 rings (SSSR count). The molecule has 0 radical (unpaired) electrons. The third-order valence-electron chi connectivity index (χ3n) is 3.76. The van der Waals surface area contributed by atoms with E-state index in [-0.39, 0.29) is 0 Å². The van der Waals surface area contributed by atoms with Crippen LogP contribution in [-0.4, -0.2) is 0 Å². The molecule has 0 spiro atoms. The highest BCUT2D eigenvalue weighted by Gasteiger charge is 2.33. The van der Waals surface area contributed by atoms with Crippen LogP contribution in [0.4, 0.5) is 0 Å².